The van der Waals surface area contributed by atoms with Gasteiger partial charge in [0.1, 0.15) is 12.4 Å². The van der Waals surface area contributed by atoms with Crippen molar-refractivity contribution in [2.24, 2.45) is 0 Å². The summed E-state index contributed by atoms with van der Waals surface area (Å²) in [5.74, 6) is -0.299. The molecule has 170 valence electrons. The lowest BCUT2D eigenvalue weighted by Gasteiger charge is -2.25. The first kappa shape index (κ1) is 22.1. The lowest BCUT2D eigenvalue weighted by atomic mass is 10.2. The second-order valence-electron chi connectivity index (χ2n) is 8.04. The first-order chi connectivity index (χ1) is 15.9. The number of anilines is 2. The third kappa shape index (κ3) is 4.32. The van der Waals surface area contributed by atoms with Gasteiger partial charge in [-0.25, -0.2) is 4.79 Å². The summed E-state index contributed by atoms with van der Waals surface area (Å²) in [4.78, 5) is 42.5. The first-order valence-corrected chi connectivity index (χ1v) is 10.9. The number of H-pyrrole nitrogens is 1. The van der Waals surface area contributed by atoms with Gasteiger partial charge in [-0.15, -0.1) is 0 Å². The van der Waals surface area contributed by atoms with Crippen molar-refractivity contribution in [3.63, 3.8) is 0 Å². The summed E-state index contributed by atoms with van der Waals surface area (Å²) in [6, 6.07) is 19.2. The molecule has 0 spiro atoms. The standard InChI is InChI=1S/C25H27N5O3/c1-3-13-28(21(31)16-29-17(2)14-19-11-7-8-12-20(19)29)22-23(26)30(25(33)27-24(22)32)15-18-9-5-4-6-10-18/h4-12,14H,3,13,15-16,26H2,1-2H3,(H,27,32,33). The molecule has 4 aromatic rings. The highest BCUT2D eigenvalue weighted by atomic mass is 16.2. The minimum atomic E-state index is -0.669. The average molecular weight is 446 g/mol. The number of nitrogens with one attached hydrogen (secondary N) is 1. The molecule has 33 heavy (non-hydrogen) atoms. The maximum Gasteiger partial charge on any atom is 0.330 e. The van der Waals surface area contributed by atoms with Gasteiger partial charge in [0, 0.05) is 17.8 Å². The number of nitrogens with zero attached hydrogens (tertiary/aromatic N) is 3. The van der Waals surface area contributed by atoms with E-state index in [1.807, 2.05) is 79.1 Å². The average Bonchev–Trinajstić information content (AvgIpc) is 3.11. The number of nitrogens with two attached hydrogens (primary N) is 1. The van der Waals surface area contributed by atoms with E-state index in [2.05, 4.69) is 4.98 Å². The topological polar surface area (TPSA) is 106 Å². The van der Waals surface area contributed by atoms with E-state index in [1.54, 1.807) is 0 Å². The number of para-hydroxylation sites is 1. The fourth-order valence-corrected chi connectivity index (χ4v) is 4.12. The van der Waals surface area contributed by atoms with Gasteiger partial charge < -0.3 is 15.2 Å². The Balaban J connectivity index is 1.75. The fourth-order valence-electron chi connectivity index (χ4n) is 4.12. The molecule has 4 rings (SSSR count). The molecule has 0 unspecified atom stereocenters. The highest BCUT2D eigenvalue weighted by Crippen LogP contribution is 2.22. The molecule has 8 heteroatoms. The maximum absolute atomic E-state index is 13.5. The number of benzene rings is 2. The second kappa shape index (κ2) is 9.20. The van der Waals surface area contributed by atoms with E-state index in [-0.39, 0.29) is 30.5 Å². The van der Waals surface area contributed by atoms with Crippen LogP contribution in [0.3, 0.4) is 0 Å². The molecule has 0 saturated carbocycles. The molecule has 0 aliphatic heterocycles. The number of carbonyl (C=O) groups is 1. The van der Waals surface area contributed by atoms with Crippen LogP contribution in [0, 0.1) is 6.92 Å². The molecule has 2 aromatic carbocycles. The van der Waals surface area contributed by atoms with Crippen molar-refractivity contribution in [3.05, 3.63) is 92.8 Å². The molecule has 0 aliphatic rings. The van der Waals surface area contributed by atoms with Gasteiger partial charge in [-0.1, -0.05) is 55.5 Å². The van der Waals surface area contributed by atoms with Gasteiger partial charge in [0.15, 0.2) is 5.69 Å². The van der Waals surface area contributed by atoms with E-state index in [9.17, 15) is 14.4 Å². The zero-order valence-electron chi connectivity index (χ0n) is 18.7. The highest BCUT2D eigenvalue weighted by molar-refractivity contribution is 5.96. The molecular weight excluding hydrogens is 418 g/mol. The minimum Gasteiger partial charge on any atom is -0.383 e. The lowest BCUT2D eigenvalue weighted by Crippen LogP contribution is -2.42. The zero-order chi connectivity index (χ0) is 23.5. The first-order valence-electron chi connectivity index (χ1n) is 10.9. The molecule has 8 nitrogen and oxygen atoms in total. The third-order valence-corrected chi connectivity index (χ3v) is 5.73. The SMILES string of the molecule is CCCN(C(=O)Cn1c(C)cc2ccccc21)c1c(N)n(Cc2ccccc2)c(=O)[nH]c1=O. The number of hydrogen-bond acceptors (Lipinski definition) is 4. The zero-order valence-corrected chi connectivity index (χ0v) is 18.7. The van der Waals surface area contributed by atoms with E-state index < -0.39 is 11.2 Å². The number of rotatable bonds is 7. The predicted molar refractivity (Wildman–Crippen MR) is 131 cm³/mol. The van der Waals surface area contributed by atoms with Crippen LogP contribution < -0.4 is 21.9 Å². The van der Waals surface area contributed by atoms with Crippen molar-refractivity contribution in [2.45, 2.75) is 33.4 Å². The molecule has 0 saturated heterocycles. The van der Waals surface area contributed by atoms with E-state index in [4.69, 9.17) is 5.73 Å². The number of amides is 1. The van der Waals surface area contributed by atoms with Crippen molar-refractivity contribution in [1.29, 1.82) is 0 Å². The summed E-state index contributed by atoms with van der Waals surface area (Å²) >= 11 is 0. The van der Waals surface area contributed by atoms with Gasteiger partial charge in [0.25, 0.3) is 5.56 Å². The lowest BCUT2D eigenvalue weighted by molar-refractivity contribution is -0.119. The largest absolute Gasteiger partial charge is 0.383 e. The molecule has 1 amide bonds. The van der Waals surface area contributed by atoms with Crippen LogP contribution in [0.4, 0.5) is 11.5 Å². The quantitative estimate of drug-likeness (QED) is 0.456. The van der Waals surface area contributed by atoms with Crippen molar-refractivity contribution in [3.8, 4) is 0 Å². The number of hydrogen-bond donors (Lipinski definition) is 2. The molecular formula is C25H27N5O3. The monoisotopic (exact) mass is 445 g/mol. The van der Waals surface area contributed by atoms with Gasteiger partial charge in [0.05, 0.1) is 6.54 Å². The molecule has 0 aliphatic carbocycles. The Morgan fingerprint density at radius 1 is 1.03 bits per heavy atom. The number of aryl methyl sites for hydroxylation is 1. The van der Waals surface area contributed by atoms with Gasteiger partial charge in [0.2, 0.25) is 5.91 Å². The molecule has 0 atom stereocenters. The van der Waals surface area contributed by atoms with Crippen LogP contribution in [-0.4, -0.2) is 26.6 Å². The molecule has 2 heterocycles. The Morgan fingerprint density at radius 3 is 2.45 bits per heavy atom. The number of aromatic amines is 1. The number of aromatic nitrogens is 3. The normalized spacial score (nSPS) is 11.1. The highest BCUT2D eigenvalue weighted by Gasteiger charge is 2.24. The van der Waals surface area contributed by atoms with Crippen molar-refractivity contribution in [1.82, 2.24) is 14.1 Å². The number of carbonyl (C=O) groups excluding carboxylic acids is 1. The van der Waals surface area contributed by atoms with Crippen LogP contribution in [0.25, 0.3) is 10.9 Å². The molecule has 0 fully saturated rings. The summed E-state index contributed by atoms with van der Waals surface area (Å²) in [6.07, 6.45) is 0.619. The van der Waals surface area contributed by atoms with E-state index in [1.165, 1.54) is 9.47 Å². The van der Waals surface area contributed by atoms with Crippen molar-refractivity contribution >= 4 is 28.3 Å². The molecule has 0 radical (unpaired) electrons. The smallest absolute Gasteiger partial charge is 0.330 e. The summed E-state index contributed by atoms with van der Waals surface area (Å²) in [5, 5.41) is 1.04. The summed E-state index contributed by atoms with van der Waals surface area (Å²) in [5.41, 5.74) is 7.80. The Hall–Kier alpha value is -4.07. The van der Waals surface area contributed by atoms with Crippen LogP contribution in [0.1, 0.15) is 24.6 Å². The number of fused-ring (bicyclic) bond motifs is 1. The van der Waals surface area contributed by atoms with Crippen molar-refractivity contribution in [2.75, 3.05) is 17.2 Å². The Labute approximate surface area is 190 Å². The maximum atomic E-state index is 13.5. The van der Waals surface area contributed by atoms with Gasteiger partial charge >= 0.3 is 5.69 Å². The van der Waals surface area contributed by atoms with Crippen LogP contribution in [-0.2, 0) is 17.9 Å². The van der Waals surface area contributed by atoms with E-state index >= 15 is 0 Å². The Kier molecular flexibility index (Phi) is 6.17. The third-order valence-electron chi connectivity index (χ3n) is 5.73. The van der Waals surface area contributed by atoms with Gasteiger partial charge in [-0.3, -0.25) is 19.1 Å². The molecule has 3 N–H and O–H groups in total. The van der Waals surface area contributed by atoms with Crippen LogP contribution in [0.15, 0.2) is 70.3 Å². The number of nitrogen functional groups attached to an aromatic ring is 1. The van der Waals surface area contributed by atoms with Crippen LogP contribution in [0.2, 0.25) is 0 Å². The van der Waals surface area contributed by atoms with E-state index in [0.29, 0.717) is 13.0 Å². The predicted octanol–water partition coefficient (Wildman–Crippen LogP) is 2.87. The van der Waals surface area contributed by atoms with Crippen molar-refractivity contribution < 1.29 is 4.79 Å². The van der Waals surface area contributed by atoms with Crippen LogP contribution >= 0.6 is 0 Å². The summed E-state index contributed by atoms with van der Waals surface area (Å²) < 4.78 is 3.21. The summed E-state index contributed by atoms with van der Waals surface area (Å²) in [6.45, 7) is 4.40. The van der Waals surface area contributed by atoms with E-state index in [0.717, 1.165) is 22.2 Å². The summed E-state index contributed by atoms with van der Waals surface area (Å²) in [7, 11) is 0. The van der Waals surface area contributed by atoms with Gasteiger partial charge in [-0.2, -0.15) is 0 Å². The minimum absolute atomic E-state index is 0.00601. The molecule has 2 aromatic heterocycles. The fraction of sp³-hybridized carbons (Fsp3) is 0.240. The van der Waals surface area contributed by atoms with Gasteiger partial charge in [-0.05, 0) is 36.4 Å². The van der Waals surface area contributed by atoms with Crippen LogP contribution in [0.5, 0.6) is 0 Å². The second-order valence-corrected chi connectivity index (χ2v) is 8.04. The molecule has 0 bridgehead atoms. The Bertz CT molecular complexity index is 1420. The Morgan fingerprint density at radius 2 is 1.73 bits per heavy atom.